The van der Waals surface area contributed by atoms with Gasteiger partial charge in [0.2, 0.25) is 0 Å². The van der Waals surface area contributed by atoms with E-state index in [0.717, 1.165) is 6.54 Å². The zero-order chi connectivity index (χ0) is 12.6. The van der Waals surface area contributed by atoms with E-state index in [1.54, 1.807) is 14.2 Å². The minimum atomic E-state index is -0.568. The van der Waals surface area contributed by atoms with Crippen molar-refractivity contribution >= 4 is 10.0 Å². The van der Waals surface area contributed by atoms with E-state index in [2.05, 4.69) is 21.1 Å². The fourth-order valence-electron chi connectivity index (χ4n) is 2.03. The molecular weight excluding hydrogens is 222 g/mol. The molecule has 1 aliphatic rings. The standard InChI is InChI=1S/C8H19N3.C2H8O2Si/c1-5(9)7-3-4-11-8(7)6(2)10;1-3-5-4-2/h5-8,11H,3-4,9-10H2,1-2H3;5H2,1-2H3. The summed E-state index contributed by atoms with van der Waals surface area (Å²) in [5.74, 6) is 0.565. The minimum Gasteiger partial charge on any atom is -0.402 e. The molecule has 1 aliphatic heterocycles. The van der Waals surface area contributed by atoms with Crippen LogP contribution in [-0.2, 0) is 8.85 Å². The van der Waals surface area contributed by atoms with Crippen molar-refractivity contribution in [2.45, 2.75) is 38.4 Å². The second-order valence-corrected chi connectivity index (χ2v) is 5.74. The van der Waals surface area contributed by atoms with E-state index in [4.69, 9.17) is 11.5 Å². The highest BCUT2D eigenvalue weighted by atomic mass is 28.3. The van der Waals surface area contributed by atoms with Gasteiger partial charge in [-0.25, -0.2) is 0 Å². The van der Waals surface area contributed by atoms with E-state index < -0.39 is 10.0 Å². The molecule has 0 aromatic heterocycles. The van der Waals surface area contributed by atoms with Gasteiger partial charge in [-0.15, -0.1) is 0 Å². The molecule has 1 saturated heterocycles. The van der Waals surface area contributed by atoms with Crippen LogP contribution in [0.25, 0.3) is 0 Å². The zero-order valence-electron chi connectivity index (χ0n) is 10.9. The fourth-order valence-corrected chi connectivity index (χ4v) is 2.27. The lowest BCUT2D eigenvalue weighted by molar-refractivity contribution is 0.309. The van der Waals surface area contributed by atoms with Crippen molar-refractivity contribution in [3.05, 3.63) is 0 Å². The molecule has 4 atom stereocenters. The molecule has 1 heterocycles. The Morgan fingerprint density at radius 3 is 2.00 bits per heavy atom. The van der Waals surface area contributed by atoms with E-state index in [9.17, 15) is 0 Å². The topological polar surface area (TPSA) is 82.5 Å². The van der Waals surface area contributed by atoms with Gasteiger partial charge in [-0.2, -0.15) is 0 Å². The van der Waals surface area contributed by atoms with Gasteiger partial charge in [-0.3, -0.25) is 0 Å². The maximum atomic E-state index is 5.83. The molecule has 1 rings (SSSR count). The molecule has 0 bridgehead atoms. The molecule has 0 aliphatic carbocycles. The Balaban J connectivity index is 0.000000385. The maximum absolute atomic E-state index is 5.83. The number of nitrogens with one attached hydrogen (secondary N) is 1. The highest BCUT2D eigenvalue weighted by Crippen LogP contribution is 2.19. The Labute approximate surface area is 101 Å². The Hall–Kier alpha value is 0.0169. The summed E-state index contributed by atoms with van der Waals surface area (Å²) in [6.07, 6.45) is 1.17. The minimum absolute atomic E-state index is 0.216. The predicted octanol–water partition coefficient (Wildman–Crippen LogP) is -1.06. The Morgan fingerprint density at radius 1 is 1.19 bits per heavy atom. The average molecular weight is 249 g/mol. The molecule has 0 aromatic carbocycles. The second kappa shape index (κ2) is 9.09. The quantitative estimate of drug-likeness (QED) is 0.553. The van der Waals surface area contributed by atoms with Crippen molar-refractivity contribution in [1.29, 1.82) is 0 Å². The van der Waals surface area contributed by atoms with Gasteiger partial charge in [0.1, 0.15) is 0 Å². The largest absolute Gasteiger partial charge is 0.402 e. The van der Waals surface area contributed by atoms with Gasteiger partial charge in [0.05, 0.1) is 0 Å². The smallest absolute Gasteiger partial charge is 0.303 e. The first kappa shape index (κ1) is 16.0. The second-order valence-electron chi connectivity index (χ2n) is 4.35. The van der Waals surface area contributed by atoms with Crippen LogP contribution >= 0.6 is 0 Å². The third-order valence-corrected chi connectivity index (χ3v) is 3.27. The Kier molecular flexibility index (Phi) is 9.10. The highest BCUT2D eigenvalue weighted by molar-refractivity contribution is 6.17. The average Bonchev–Trinajstić information content (AvgIpc) is 2.68. The van der Waals surface area contributed by atoms with Crippen molar-refractivity contribution in [1.82, 2.24) is 5.32 Å². The van der Waals surface area contributed by atoms with E-state index >= 15 is 0 Å². The van der Waals surface area contributed by atoms with Gasteiger partial charge in [-0.05, 0) is 32.7 Å². The maximum Gasteiger partial charge on any atom is 0.303 e. The summed E-state index contributed by atoms with van der Waals surface area (Å²) in [4.78, 5) is 0. The van der Waals surface area contributed by atoms with Crippen molar-refractivity contribution in [2.75, 3.05) is 20.8 Å². The van der Waals surface area contributed by atoms with Gasteiger partial charge in [0.25, 0.3) is 0 Å². The van der Waals surface area contributed by atoms with Crippen LogP contribution in [0.15, 0.2) is 0 Å². The van der Waals surface area contributed by atoms with Crippen LogP contribution in [0.5, 0.6) is 0 Å². The van der Waals surface area contributed by atoms with Crippen LogP contribution < -0.4 is 16.8 Å². The molecule has 4 unspecified atom stereocenters. The molecule has 6 heteroatoms. The van der Waals surface area contributed by atoms with Crippen LogP contribution in [0.4, 0.5) is 0 Å². The number of nitrogens with two attached hydrogens (primary N) is 2. The molecule has 98 valence electrons. The molecule has 1 fully saturated rings. The van der Waals surface area contributed by atoms with Gasteiger partial charge in [0, 0.05) is 32.3 Å². The normalized spacial score (nSPS) is 28.1. The molecule has 0 aromatic rings. The first-order valence-electron chi connectivity index (χ1n) is 5.77. The van der Waals surface area contributed by atoms with E-state index in [0.29, 0.717) is 12.0 Å². The molecular formula is C10H27N3O2Si. The van der Waals surface area contributed by atoms with Gasteiger partial charge >= 0.3 is 10.0 Å². The lowest BCUT2D eigenvalue weighted by Crippen LogP contribution is -2.47. The molecule has 5 nitrogen and oxygen atoms in total. The number of rotatable bonds is 4. The van der Waals surface area contributed by atoms with Gasteiger partial charge in [0.15, 0.2) is 0 Å². The Morgan fingerprint density at radius 2 is 1.75 bits per heavy atom. The summed E-state index contributed by atoms with van der Waals surface area (Å²) in [6.45, 7) is 5.17. The van der Waals surface area contributed by atoms with Crippen LogP contribution in [-0.4, -0.2) is 48.9 Å². The van der Waals surface area contributed by atoms with E-state index in [1.807, 2.05) is 6.92 Å². The Bertz CT molecular complexity index is 154. The SMILES string of the molecule is CC(N)C1CCNC1C(C)N.CO[SiH2]OC. The molecule has 0 saturated carbocycles. The summed E-state index contributed by atoms with van der Waals surface area (Å²) in [7, 11) is 2.73. The van der Waals surface area contributed by atoms with E-state index in [-0.39, 0.29) is 12.1 Å². The van der Waals surface area contributed by atoms with Crippen molar-refractivity contribution in [3.63, 3.8) is 0 Å². The molecule has 5 N–H and O–H groups in total. The first-order valence-corrected chi connectivity index (χ1v) is 6.92. The van der Waals surface area contributed by atoms with Crippen LogP contribution in [0.2, 0.25) is 0 Å². The van der Waals surface area contributed by atoms with Crippen molar-refractivity contribution < 1.29 is 8.85 Å². The van der Waals surface area contributed by atoms with Gasteiger partial charge in [-0.1, -0.05) is 0 Å². The highest BCUT2D eigenvalue weighted by Gasteiger charge is 2.31. The number of hydrogen-bond acceptors (Lipinski definition) is 5. The number of hydrogen-bond donors (Lipinski definition) is 3. The summed E-state index contributed by atoms with van der Waals surface area (Å²) in [5.41, 5.74) is 11.6. The third-order valence-electron chi connectivity index (χ3n) is 2.80. The van der Waals surface area contributed by atoms with Crippen molar-refractivity contribution in [3.8, 4) is 0 Å². The van der Waals surface area contributed by atoms with Crippen LogP contribution in [0.1, 0.15) is 20.3 Å². The van der Waals surface area contributed by atoms with Crippen LogP contribution in [0, 0.1) is 5.92 Å². The molecule has 0 spiro atoms. The molecule has 16 heavy (non-hydrogen) atoms. The molecule has 0 amide bonds. The third kappa shape index (κ3) is 5.93. The lowest BCUT2D eigenvalue weighted by atomic mass is 9.90. The molecule has 0 radical (unpaired) electrons. The van der Waals surface area contributed by atoms with Gasteiger partial charge < -0.3 is 25.6 Å². The summed E-state index contributed by atoms with van der Waals surface area (Å²) in [5, 5.41) is 3.38. The monoisotopic (exact) mass is 249 g/mol. The van der Waals surface area contributed by atoms with E-state index in [1.165, 1.54) is 6.42 Å². The summed E-state index contributed by atoms with van der Waals surface area (Å²) < 4.78 is 9.22. The van der Waals surface area contributed by atoms with Crippen molar-refractivity contribution in [2.24, 2.45) is 17.4 Å². The first-order chi connectivity index (χ1) is 7.54. The zero-order valence-corrected chi connectivity index (χ0v) is 12.3. The summed E-state index contributed by atoms with van der Waals surface area (Å²) in [6, 6.07) is 0.907. The van der Waals surface area contributed by atoms with Crippen LogP contribution in [0.3, 0.4) is 0 Å². The summed E-state index contributed by atoms with van der Waals surface area (Å²) >= 11 is 0. The lowest BCUT2D eigenvalue weighted by Gasteiger charge is -2.25. The fraction of sp³-hybridized carbons (Fsp3) is 1.00. The predicted molar refractivity (Wildman–Crippen MR) is 69.8 cm³/mol.